The predicted molar refractivity (Wildman–Crippen MR) is 129 cm³/mol. The first kappa shape index (κ1) is 21.3. The van der Waals surface area contributed by atoms with Gasteiger partial charge in [-0.05, 0) is 48.7 Å². The molecule has 1 N–H and O–H groups in total. The lowest BCUT2D eigenvalue weighted by atomic mass is 9.99. The van der Waals surface area contributed by atoms with Crippen LogP contribution in [-0.2, 0) is 19.5 Å². The fourth-order valence-electron chi connectivity index (χ4n) is 4.57. The van der Waals surface area contributed by atoms with Crippen LogP contribution >= 0.6 is 0 Å². The highest BCUT2D eigenvalue weighted by molar-refractivity contribution is 5.91. The van der Waals surface area contributed by atoms with Crippen molar-refractivity contribution >= 4 is 5.91 Å². The Hall–Kier alpha value is -3.57. The van der Waals surface area contributed by atoms with Gasteiger partial charge in [0.2, 0.25) is 0 Å². The van der Waals surface area contributed by atoms with Crippen molar-refractivity contribution in [3.63, 3.8) is 0 Å². The summed E-state index contributed by atoms with van der Waals surface area (Å²) in [5.74, 6) is 1.01. The van der Waals surface area contributed by atoms with E-state index in [-0.39, 0.29) is 11.9 Å². The highest BCUT2D eigenvalue weighted by Crippen LogP contribution is 2.33. The number of aryl methyl sites for hydroxylation is 1. The monoisotopic (exact) mass is 439 g/mol. The van der Waals surface area contributed by atoms with Gasteiger partial charge in [0, 0.05) is 31.5 Å². The molecule has 168 valence electrons. The zero-order valence-electron chi connectivity index (χ0n) is 18.9. The number of amides is 1. The first-order valence-corrected chi connectivity index (χ1v) is 11.5. The molecule has 5 heteroatoms. The lowest BCUT2D eigenvalue weighted by Gasteiger charge is -2.37. The van der Waals surface area contributed by atoms with Crippen LogP contribution in [0.15, 0.2) is 89.5 Å². The van der Waals surface area contributed by atoms with Crippen LogP contribution in [-0.4, -0.2) is 28.5 Å². The summed E-state index contributed by atoms with van der Waals surface area (Å²) in [5.41, 5.74) is 5.02. The van der Waals surface area contributed by atoms with Crippen molar-refractivity contribution in [1.82, 2.24) is 14.8 Å². The van der Waals surface area contributed by atoms with Gasteiger partial charge in [-0.15, -0.1) is 0 Å². The first-order chi connectivity index (χ1) is 16.2. The van der Waals surface area contributed by atoms with E-state index in [2.05, 4.69) is 76.4 Å². The van der Waals surface area contributed by atoms with Gasteiger partial charge in [-0.25, -0.2) is 0 Å². The van der Waals surface area contributed by atoms with Gasteiger partial charge in [0.05, 0.1) is 12.6 Å². The van der Waals surface area contributed by atoms with E-state index in [0.29, 0.717) is 18.8 Å². The third kappa shape index (κ3) is 4.78. The molecule has 33 heavy (non-hydrogen) atoms. The second kappa shape index (κ2) is 9.51. The molecule has 1 aliphatic rings. The van der Waals surface area contributed by atoms with Crippen molar-refractivity contribution in [2.75, 3.05) is 13.1 Å². The van der Waals surface area contributed by atoms with Gasteiger partial charge in [0.25, 0.3) is 5.91 Å². The molecule has 1 atom stereocenters. The summed E-state index contributed by atoms with van der Waals surface area (Å²) in [5, 5.41) is 2.96. The second-order valence-electron chi connectivity index (χ2n) is 8.67. The maximum absolute atomic E-state index is 12.6. The van der Waals surface area contributed by atoms with Crippen LogP contribution in [0, 0.1) is 6.92 Å². The van der Waals surface area contributed by atoms with Gasteiger partial charge in [-0.2, -0.15) is 0 Å². The Balaban J connectivity index is 1.27. The first-order valence-electron chi connectivity index (χ1n) is 11.5. The standard InChI is InChI=1S/C28H29N3O2/c1-21-9-11-23(12-10-21)27-25-8-5-17-30(25)18-19-31(27)20-24-13-14-26(33-24)28(32)29-16-15-22-6-3-2-4-7-22/h2-14,17,27H,15-16,18-20H2,1H3,(H,29,32). The number of nitrogens with one attached hydrogen (secondary N) is 1. The average molecular weight is 440 g/mol. The van der Waals surface area contributed by atoms with Crippen molar-refractivity contribution in [1.29, 1.82) is 0 Å². The number of aromatic nitrogens is 1. The van der Waals surface area contributed by atoms with Crippen molar-refractivity contribution in [3.8, 4) is 0 Å². The predicted octanol–water partition coefficient (Wildman–Crippen LogP) is 4.97. The molecule has 0 saturated heterocycles. The van der Waals surface area contributed by atoms with Crippen molar-refractivity contribution < 1.29 is 9.21 Å². The molecule has 0 bridgehead atoms. The smallest absolute Gasteiger partial charge is 0.287 e. The van der Waals surface area contributed by atoms with E-state index in [0.717, 1.165) is 25.3 Å². The van der Waals surface area contributed by atoms with E-state index in [4.69, 9.17) is 4.42 Å². The van der Waals surface area contributed by atoms with E-state index in [1.807, 2.05) is 24.3 Å². The van der Waals surface area contributed by atoms with Crippen LogP contribution in [0.25, 0.3) is 0 Å². The van der Waals surface area contributed by atoms with Gasteiger partial charge in [0.15, 0.2) is 5.76 Å². The number of nitrogens with zero attached hydrogens (tertiary/aromatic N) is 2. The molecule has 2 aromatic carbocycles. The molecule has 0 fully saturated rings. The molecular formula is C28H29N3O2. The quantitative estimate of drug-likeness (QED) is 0.442. The summed E-state index contributed by atoms with van der Waals surface area (Å²) in [7, 11) is 0. The summed E-state index contributed by atoms with van der Waals surface area (Å²) in [6, 6.07) is 27.1. The van der Waals surface area contributed by atoms with Gasteiger partial charge in [0.1, 0.15) is 5.76 Å². The summed E-state index contributed by atoms with van der Waals surface area (Å²) in [6.45, 7) is 5.21. The lowest BCUT2D eigenvalue weighted by Crippen LogP contribution is -2.37. The average Bonchev–Trinajstić information content (AvgIpc) is 3.50. The fraction of sp³-hybridized carbons (Fsp3) is 0.250. The number of carbonyl (C=O) groups is 1. The summed E-state index contributed by atoms with van der Waals surface area (Å²) >= 11 is 0. The zero-order valence-corrected chi connectivity index (χ0v) is 18.9. The third-order valence-electron chi connectivity index (χ3n) is 6.32. The number of fused-ring (bicyclic) bond motifs is 1. The van der Waals surface area contributed by atoms with E-state index in [1.54, 1.807) is 6.07 Å². The number of furan rings is 1. The highest BCUT2D eigenvalue weighted by atomic mass is 16.4. The maximum atomic E-state index is 12.6. The maximum Gasteiger partial charge on any atom is 0.287 e. The van der Waals surface area contributed by atoms with Crippen molar-refractivity contribution in [2.24, 2.45) is 0 Å². The molecule has 0 radical (unpaired) electrons. The van der Waals surface area contributed by atoms with Gasteiger partial charge in [-0.3, -0.25) is 9.69 Å². The van der Waals surface area contributed by atoms with E-state index in [9.17, 15) is 4.79 Å². The van der Waals surface area contributed by atoms with Gasteiger partial charge < -0.3 is 14.3 Å². The summed E-state index contributed by atoms with van der Waals surface area (Å²) < 4.78 is 8.29. The largest absolute Gasteiger partial charge is 0.455 e. The Morgan fingerprint density at radius 1 is 0.970 bits per heavy atom. The molecule has 1 aliphatic heterocycles. The molecule has 4 aromatic rings. The zero-order chi connectivity index (χ0) is 22.6. The highest BCUT2D eigenvalue weighted by Gasteiger charge is 2.29. The Morgan fingerprint density at radius 2 is 1.79 bits per heavy atom. The molecule has 2 aromatic heterocycles. The Morgan fingerprint density at radius 3 is 2.61 bits per heavy atom. The molecule has 5 rings (SSSR count). The lowest BCUT2D eigenvalue weighted by molar-refractivity contribution is 0.0920. The van der Waals surface area contributed by atoms with Crippen LogP contribution in [0.4, 0.5) is 0 Å². The molecule has 3 heterocycles. The van der Waals surface area contributed by atoms with Crippen molar-refractivity contribution in [2.45, 2.75) is 32.5 Å². The fourth-order valence-corrected chi connectivity index (χ4v) is 4.57. The number of benzene rings is 2. The van der Waals surface area contributed by atoms with Crippen LogP contribution in [0.2, 0.25) is 0 Å². The molecular weight excluding hydrogens is 410 g/mol. The van der Waals surface area contributed by atoms with E-state index < -0.39 is 0 Å². The Bertz CT molecular complexity index is 1210. The normalized spacial score (nSPS) is 15.8. The summed E-state index contributed by atoms with van der Waals surface area (Å²) in [4.78, 5) is 15.0. The summed E-state index contributed by atoms with van der Waals surface area (Å²) in [6.07, 6.45) is 2.95. The second-order valence-corrected chi connectivity index (χ2v) is 8.67. The number of hydrogen-bond donors (Lipinski definition) is 1. The SMILES string of the molecule is Cc1ccc(C2c3cccn3CCN2Cc2ccc(C(=O)NCCc3ccccc3)o2)cc1. The third-order valence-corrected chi connectivity index (χ3v) is 6.32. The van der Waals surface area contributed by atoms with E-state index in [1.165, 1.54) is 22.4 Å². The minimum Gasteiger partial charge on any atom is -0.455 e. The molecule has 0 aliphatic carbocycles. The molecule has 1 unspecified atom stereocenters. The number of rotatable bonds is 7. The van der Waals surface area contributed by atoms with Crippen LogP contribution in [0.5, 0.6) is 0 Å². The molecule has 0 saturated carbocycles. The van der Waals surface area contributed by atoms with Crippen LogP contribution in [0.3, 0.4) is 0 Å². The van der Waals surface area contributed by atoms with Crippen LogP contribution in [0.1, 0.15) is 44.7 Å². The molecule has 5 nitrogen and oxygen atoms in total. The minimum absolute atomic E-state index is 0.155. The molecule has 0 spiro atoms. The Kier molecular flexibility index (Phi) is 6.13. The Labute approximate surface area is 194 Å². The number of carbonyl (C=O) groups excluding carboxylic acids is 1. The van der Waals surface area contributed by atoms with Crippen molar-refractivity contribution in [3.05, 3.63) is 119 Å². The number of hydrogen-bond acceptors (Lipinski definition) is 3. The minimum atomic E-state index is -0.167. The molecule has 1 amide bonds. The van der Waals surface area contributed by atoms with Crippen LogP contribution < -0.4 is 5.32 Å². The van der Waals surface area contributed by atoms with Gasteiger partial charge >= 0.3 is 0 Å². The van der Waals surface area contributed by atoms with Gasteiger partial charge in [-0.1, -0.05) is 60.2 Å². The topological polar surface area (TPSA) is 50.4 Å². The van der Waals surface area contributed by atoms with E-state index >= 15 is 0 Å².